The van der Waals surface area contributed by atoms with Crippen molar-refractivity contribution in [1.82, 2.24) is 20.3 Å². The van der Waals surface area contributed by atoms with Crippen LogP contribution in [0.3, 0.4) is 0 Å². The zero-order chi connectivity index (χ0) is 16.4. The molecule has 3 aromatic rings. The molecule has 0 saturated heterocycles. The quantitative estimate of drug-likeness (QED) is 0.795. The molecule has 1 aliphatic rings. The molecule has 0 fully saturated rings. The zero-order valence-corrected chi connectivity index (χ0v) is 13.7. The Hall–Kier alpha value is -2.53. The molecule has 4 rings (SSSR count). The van der Waals surface area contributed by atoms with Gasteiger partial charge in [-0.1, -0.05) is 0 Å². The molecule has 1 N–H and O–H groups in total. The summed E-state index contributed by atoms with van der Waals surface area (Å²) in [4.78, 5) is 13.5. The molecule has 0 aromatic carbocycles. The number of fused-ring (bicyclic) bond motifs is 1. The highest BCUT2D eigenvalue weighted by Gasteiger charge is 2.22. The van der Waals surface area contributed by atoms with Crippen LogP contribution in [0.4, 0.5) is 0 Å². The maximum absolute atomic E-state index is 5.64. The van der Waals surface area contributed by atoms with E-state index < -0.39 is 0 Å². The third kappa shape index (κ3) is 3.08. The van der Waals surface area contributed by atoms with Crippen LogP contribution < -0.4 is 5.32 Å². The molecule has 5 nitrogen and oxygen atoms in total. The molecular weight excluding hydrogens is 300 g/mol. The van der Waals surface area contributed by atoms with E-state index in [1.807, 2.05) is 37.4 Å². The van der Waals surface area contributed by atoms with Crippen LogP contribution in [0.1, 0.15) is 41.7 Å². The molecule has 3 aromatic heterocycles. The second-order valence-corrected chi connectivity index (χ2v) is 6.18. The van der Waals surface area contributed by atoms with Gasteiger partial charge in [-0.2, -0.15) is 0 Å². The van der Waals surface area contributed by atoms with Crippen LogP contribution in [0.2, 0.25) is 0 Å². The lowest BCUT2D eigenvalue weighted by Crippen LogP contribution is -2.25. The van der Waals surface area contributed by atoms with E-state index in [0.29, 0.717) is 0 Å². The number of hydrogen-bond acceptors (Lipinski definition) is 5. The van der Waals surface area contributed by atoms with E-state index in [-0.39, 0.29) is 6.04 Å². The fourth-order valence-corrected chi connectivity index (χ4v) is 3.20. The fourth-order valence-electron chi connectivity index (χ4n) is 3.20. The van der Waals surface area contributed by atoms with Gasteiger partial charge in [-0.25, -0.2) is 9.97 Å². The Bertz CT molecular complexity index is 828. The van der Waals surface area contributed by atoms with E-state index in [1.54, 1.807) is 12.4 Å². The summed E-state index contributed by atoms with van der Waals surface area (Å²) in [6.07, 6.45) is 8.77. The normalized spacial score (nSPS) is 16.8. The summed E-state index contributed by atoms with van der Waals surface area (Å²) in [6, 6.07) is 8.20. The lowest BCUT2D eigenvalue weighted by molar-refractivity contribution is 0.406. The van der Waals surface area contributed by atoms with Crippen LogP contribution in [-0.2, 0) is 13.0 Å². The van der Waals surface area contributed by atoms with Crippen molar-refractivity contribution in [3.8, 4) is 11.4 Å². The molecule has 0 aliphatic heterocycles. The van der Waals surface area contributed by atoms with Gasteiger partial charge in [0.15, 0.2) is 5.82 Å². The van der Waals surface area contributed by atoms with Gasteiger partial charge in [0.05, 0.1) is 6.54 Å². The predicted octanol–water partition coefficient (Wildman–Crippen LogP) is 3.61. The van der Waals surface area contributed by atoms with E-state index in [0.717, 1.165) is 54.4 Å². The van der Waals surface area contributed by atoms with Gasteiger partial charge in [0.25, 0.3) is 0 Å². The molecular formula is C19H20N4O. The highest BCUT2D eigenvalue weighted by Crippen LogP contribution is 2.29. The summed E-state index contributed by atoms with van der Waals surface area (Å²) in [7, 11) is 0. The van der Waals surface area contributed by atoms with Crippen LogP contribution in [0, 0.1) is 6.92 Å². The standard InChI is InChI=1S/C19H20N4O/c1-13-7-8-15(24-13)11-21-17-5-2-6-18-16(17)12-22-19(23-18)14-4-3-9-20-10-14/h3-4,7-10,12,17,21H,2,5-6,11H2,1H3/t17-/m1/s1. The van der Waals surface area contributed by atoms with Gasteiger partial charge in [-0.15, -0.1) is 0 Å². The van der Waals surface area contributed by atoms with Gasteiger partial charge < -0.3 is 9.73 Å². The maximum atomic E-state index is 5.64. The van der Waals surface area contributed by atoms with E-state index in [4.69, 9.17) is 9.40 Å². The Kier molecular flexibility index (Phi) is 4.09. The molecule has 0 bridgehead atoms. The summed E-state index contributed by atoms with van der Waals surface area (Å²) in [5.74, 6) is 2.66. The van der Waals surface area contributed by atoms with Gasteiger partial charge in [0.2, 0.25) is 0 Å². The summed E-state index contributed by atoms with van der Waals surface area (Å²) in [5.41, 5.74) is 3.31. The van der Waals surface area contributed by atoms with Crippen molar-refractivity contribution in [2.75, 3.05) is 0 Å². The summed E-state index contributed by atoms with van der Waals surface area (Å²) < 4.78 is 5.64. The average Bonchev–Trinajstić information content (AvgIpc) is 3.05. The monoisotopic (exact) mass is 320 g/mol. The maximum Gasteiger partial charge on any atom is 0.160 e. The van der Waals surface area contributed by atoms with Crippen molar-refractivity contribution in [1.29, 1.82) is 0 Å². The van der Waals surface area contributed by atoms with Crippen molar-refractivity contribution in [3.05, 3.63) is 65.6 Å². The lowest BCUT2D eigenvalue weighted by atomic mass is 9.92. The highest BCUT2D eigenvalue weighted by atomic mass is 16.3. The van der Waals surface area contributed by atoms with Crippen LogP contribution in [0.15, 0.2) is 47.3 Å². The Morgan fingerprint density at radius 3 is 3.00 bits per heavy atom. The fraction of sp³-hybridized carbons (Fsp3) is 0.316. The first-order valence-electron chi connectivity index (χ1n) is 8.34. The lowest BCUT2D eigenvalue weighted by Gasteiger charge is -2.25. The SMILES string of the molecule is Cc1ccc(CN[C@@H]2CCCc3nc(-c4cccnc4)ncc32)o1. The Labute approximate surface area is 141 Å². The molecule has 0 spiro atoms. The topological polar surface area (TPSA) is 63.8 Å². The molecule has 1 aliphatic carbocycles. The Morgan fingerprint density at radius 2 is 2.21 bits per heavy atom. The van der Waals surface area contributed by atoms with E-state index in [1.165, 1.54) is 5.56 Å². The van der Waals surface area contributed by atoms with E-state index >= 15 is 0 Å². The number of rotatable bonds is 4. The number of aromatic nitrogens is 3. The average molecular weight is 320 g/mol. The summed E-state index contributed by atoms with van der Waals surface area (Å²) in [5, 5.41) is 3.58. The van der Waals surface area contributed by atoms with Gasteiger partial charge in [-0.05, 0) is 50.5 Å². The summed E-state index contributed by atoms with van der Waals surface area (Å²) >= 11 is 0. The van der Waals surface area contributed by atoms with Gasteiger partial charge in [0, 0.05) is 41.5 Å². The van der Waals surface area contributed by atoms with Crippen molar-refractivity contribution in [2.24, 2.45) is 0 Å². The van der Waals surface area contributed by atoms with Crippen LogP contribution in [-0.4, -0.2) is 15.0 Å². The van der Waals surface area contributed by atoms with Gasteiger partial charge in [0.1, 0.15) is 11.5 Å². The molecule has 5 heteroatoms. The Balaban J connectivity index is 1.54. The molecule has 3 heterocycles. The molecule has 0 amide bonds. The van der Waals surface area contributed by atoms with Crippen LogP contribution in [0.25, 0.3) is 11.4 Å². The number of nitrogens with one attached hydrogen (secondary N) is 1. The van der Waals surface area contributed by atoms with Crippen molar-refractivity contribution < 1.29 is 4.42 Å². The predicted molar refractivity (Wildman–Crippen MR) is 91.2 cm³/mol. The molecule has 0 radical (unpaired) electrons. The first-order valence-corrected chi connectivity index (χ1v) is 8.34. The van der Waals surface area contributed by atoms with Gasteiger partial charge >= 0.3 is 0 Å². The van der Waals surface area contributed by atoms with Crippen LogP contribution in [0.5, 0.6) is 0 Å². The largest absolute Gasteiger partial charge is 0.465 e. The number of hydrogen-bond donors (Lipinski definition) is 1. The minimum atomic E-state index is 0.280. The van der Waals surface area contributed by atoms with Gasteiger partial charge in [-0.3, -0.25) is 4.98 Å². The molecule has 24 heavy (non-hydrogen) atoms. The van der Waals surface area contributed by atoms with E-state index in [2.05, 4.69) is 15.3 Å². The second-order valence-electron chi connectivity index (χ2n) is 6.18. The first-order chi connectivity index (χ1) is 11.8. The van der Waals surface area contributed by atoms with Crippen molar-refractivity contribution >= 4 is 0 Å². The number of aryl methyl sites for hydroxylation is 2. The molecule has 0 saturated carbocycles. The van der Waals surface area contributed by atoms with Crippen LogP contribution >= 0.6 is 0 Å². The number of furan rings is 1. The Morgan fingerprint density at radius 1 is 1.25 bits per heavy atom. The second kappa shape index (κ2) is 6.53. The molecule has 122 valence electrons. The smallest absolute Gasteiger partial charge is 0.160 e. The van der Waals surface area contributed by atoms with E-state index in [9.17, 15) is 0 Å². The minimum Gasteiger partial charge on any atom is -0.465 e. The molecule has 0 unspecified atom stereocenters. The number of nitrogens with zero attached hydrogens (tertiary/aromatic N) is 3. The first kappa shape index (κ1) is 15.0. The zero-order valence-electron chi connectivity index (χ0n) is 13.7. The summed E-state index contributed by atoms with van der Waals surface area (Å²) in [6.45, 7) is 2.69. The third-order valence-corrected chi connectivity index (χ3v) is 4.42. The van der Waals surface area contributed by atoms with Crippen molar-refractivity contribution in [2.45, 2.75) is 38.8 Å². The third-order valence-electron chi connectivity index (χ3n) is 4.42. The minimum absolute atomic E-state index is 0.280. The van der Waals surface area contributed by atoms with Crippen molar-refractivity contribution in [3.63, 3.8) is 0 Å². The molecule has 1 atom stereocenters. The number of pyridine rings is 1. The highest BCUT2D eigenvalue weighted by molar-refractivity contribution is 5.53.